The van der Waals surface area contributed by atoms with E-state index in [0.29, 0.717) is 11.9 Å². The zero-order valence-corrected chi connectivity index (χ0v) is 14.9. The summed E-state index contributed by atoms with van der Waals surface area (Å²) in [4.78, 5) is 0. The van der Waals surface area contributed by atoms with Gasteiger partial charge in [-0.3, -0.25) is 0 Å². The van der Waals surface area contributed by atoms with Crippen LogP contribution >= 0.6 is 8.75 Å². The van der Waals surface area contributed by atoms with Crippen molar-refractivity contribution >= 4 is 14.1 Å². The molecule has 0 aromatic heterocycles. The molecule has 2 aliphatic rings. The number of aliphatic hydroxyl groups excluding tert-OH is 1. The van der Waals surface area contributed by atoms with Gasteiger partial charge in [0.2, 0.25) is 0 Å². The van der Waals surface area contributed by atoms with E-state index in [4.69, 9.17) is 19.3 Å². The summed E-state index contributed by atoms with van der Waals surface area (Å²) in [5.74, 6) is 5.13. The van der Waals surface area contributed by atoms with Crippen LogP contribution in [0.15, 0.2) is 18.2 Å². The minimum Gasteiger partial charge on any atom is -0.493 e. The number of rotatable bonds is 8. The standard InChI is InChI=1S/C18H28O4S/c1-20-17-6-5-15(11-18(17)21-2)13-23(9-4-3-7-19)10-8-22-12-16(23)14-23/h5-6,11,14,16,19H,3-4,7-10,12-13H2,1-2H3. The van der Waals surface area contributed by atoms with Gasteiger partial charge in [0.15, 0.2) is 11.5 Å². The van der Waals surface area contributed by atoms with Crippen molar-refractivity contribution in [3.05, 3.63) is 23.8 Å². The van der Waals surface area contributed by atoms with Crippen LogP contribution in [0.25, 0.3) is 0 Å². The molecule has 1 atom stereocenters. The average Bonchev–Trinajstić information content (AvgIpc) is 3.24. The molecular weight excluding hydrogens is 312 g/mol. The van der Waals surface area contributed by atoms with Crippen LogP contribution in [0.4, 0.5) is 0 Å². The van der Waals surface area contributed by atoms with Gasteiger partial charge >= 0.3 is 0 Å². The van der Waals surface area contributed by atoms with Crippen molar-refractivity contribution in [2.45, 2.75) is 23.8 Å². The largest absolute Gasteiger partial charge is 0.493 e. The first kappa shape index (κ1) is 16.8. The van der Waals surface area contributed by atoms with E-state index in [9.17, 15) is 0 Å². The first-order chi connectivity index (χ1) is 11.2. The Bertz CT molecular complexity index is 640. The molecule has 1 saturated heterocycles. The Hall–Kier alpha value is -1.04. The third-order valence-electron chi connectivity index (χ3n) is 5.36. The molecule has 0 aliphatic carbocycles. The molecule has 1 fully saturated rings. The fourth-order valence-corrected chi connectivity index (χ4v) is 10.1. The fraction of sp³-hybridized carbons (Fsp3) is 0.611. The SMILES string of the molecule is COc1ccc(CS23(CCCCO)=CC2COCC3)cc1OC. The lowest BCUT2D eigenvalue weighted by Gasteiger charge is -2.43. The number of hydrogen-bond donors (Lipinski definition) is 1. The predicted molar refractivity (Wildman–Crippen MR) is 97.6 cm³/mol. The van der Waals surface area contributed by atoms with E-state index in [1.165, 1.54) is 17.1 Å². The van der Waals surface area contributed by atoms with E-state index in [-0.39, 0.29) is 0 Å². The van der Waals surface area contributed by atoms with Crippen LogP contribution < -0.4 is 9.47 Å². The van der Waals surface area contributed by atoms with Crippen LogP contribution in [-0.2, 0) is 10.5 Å². The van der Waals surface area contributed by atoms with Crippen molar-refractivity contribution in [3.8, 4) is 11.5 Å². The van der Waals surface area contributed by atoms with Crippen molar-refractivity contribution in [2.75, 3.05) is 45.5 Å². The van der Waals surface area contributed by atoms with Gasteiger partial charge in [0, 0.05) is 17.6 Å². The summed E-state index contributed by atoms with van der Waals surface area (Å²) in [6.45, 7) is 2.05. The zero-order chi connectivity index (χ0) is 16.4. The third kappa shape index (κ3) is 3.02. The van der Waals surface area contributed by atoms with Gasteiger partial charge in [0.05, 0.1) is 27.4 Å². The van der Waals surface area contributed by atoms with Crippen LogP contribution in [0, 0.1) is 0 Å². The summed E-state index contributed by atoms with van der Waals surface area (Å²) in [5, 5.41) is 12.4. The molecule has 1 aromatic carbocycles. The maximum Gasteiger partial charge on any atom is 0.161 e. The quantitative estimate of drug-likeness (QED) is 0.584. The third-order valence-corrected chi connectivity index (χ3v) is 11.6. The summed E-state index contributed by atoms with van der Waals surface area (Å²) in [6, 6.07) is 6.30. The molecule has 5 heteroatoms. The van der Waals surface area contributed by atoms with Gasteiger partial charge < -0.3 is 19.3 Å². The molecule has 2 aliphatic heterocycles. The molecule has 0 radical (unpaired) electrons. The van der Waals surface area contributed by atoms with Gasteiger partial charge in [-0.25, -0.2) is 8.75 Å². The molecule has 1 unspecified atom stereocenters. The normalized spacial score (nSPS) is 25.3. The van der Waals surface area contributed by atoms with Crippen LogP contribution in [0.2, 0.25) is 0 Å². The first-order valence-corrected chi connectivity index (χ1v) is 11.0. The zero-order valence-electron chi connectivity index (χ0n) is 14.1. The molecule has 0 bridgehead atoms. The smallest absolute Gasteiger partial charge is 0.161 e. The Labute approximate surface area is 138 Å². The minimum atomic E-state index is -1.52. The highest BCUT2D eigenvalue weighted by atomic mass is 32.3. The highest BCUT2D eigenvalue weighted by Gasteiger charge is 2.52. The van der Waals surface area contributed by atoms with E-state index in [0.717, 1.165) is 43.3 Å². The fourth-order valence-electron chi connectivity index (χ4n) is 3.90. The Morgan fingerprint density at radius 3 is 2.74 bits per heavy atom. The van der Waals surface area contributed by atoms with Crippen LogP contribution in [0.5, 0.6) is 11.5 Å². The summed E-state index contributed by atoms with van der Waals surface area (Å²) in [7, 11) is 1.84. The topological polar surface area (TPSA) is 47.9 Å². The number of aliphatic hydroxyl groups is 1. The molecule has 2 heterocycles. The van der Waals surface area contributed by atoms with Crippen molar-refractivity contribution in [1.29, 1.82) is 0 Å². The van der Waals surface area contributed by atoms with Gasteiger partial charge in [-0.2, -0.15) is 0 Å². The molecular formula is C18H28O4S. The van der Waals surface area contributed by atoms with Crippen molar-refractivity contribution in [3.63, 3.8) is 0 Å². The van der Waals surface area contributed by atoms with Gasteiger partial charge in [-0.1, -0.05) is 11.4 Å². The second-order valence-corrected chi connectivity index (χ2v) is 12.2. The van der Waals surface area contributed by atoms with Crippen LogP contribution in [-0.4, -0.2) is 61.3 Å². The lowest BCUT2D eigenvalue weighted by molar-refractivity contribution is 0.154. The van der Waals surface area contributed by atoms with Gasteiger partial charge in [0.1, 0.15) is 0 Å². The number of methoxy groups -OCH3 is 2. The molecule has 1 aromatic rings. The summed E-state index contributed by atoms with van der Waals surface area (Å²) >= 11 is 0. The average molecular weight is 340 g/mol. The predicted octanol–water partition coefficient (Wildman–Crippen LogP) is 2.53. The molecule has 23 heavy (non-hydrogen) atoms. The van der Waals surface area contributed by atoms with E-state index in [1.54, 1.807) is 14.2 Å². The second kappa shape index (κ2) is 6.46. The van der Waals surface area contributed by atoms with Crippen LogP contribution in [0.1, 0.15) is 18.4 Å². The van der Waals surface area contributed by atoms with E-state index in [2.05, 4.69) is 17.5 Å². The van der Waals surface area contributed by atoms with Gasteiger partial charge in [-0.05, 0) is 42.0 Å². The Kier molecular flexibility index (Phi) is 4.72. The lowest BCUT2D eigenvalue weighted by atomic mass is 10.2. The number of fused-ring (bicyclic) bond motifs is 1. The van der Waals surface area contributed by atoms with Crippen molar-refractivity contribution < 1.29 is 19.3 Å². The van der Waals surface area contributed by atoms with E-state index in [1.807, 2.05) is 6.07 Å². The summed E-state index contributed by atoms with van der Waals surface area (Å²) in [6.07, 6.45) is 2.01. The highest BCUT2D eigenvalue weighted by molar-refractivity contribution is 8.53. The lowest BCUT2D eigenvalue weighted by Crippen LogP contribution is -2.27. The molecule has 0 saturated carbocycles. The van der Waals surface area contributed by atoms with Gasteiger partial charge in [-0.15, -0.1) is 0 Å². The Morgan fingerprint density at radius 1 is 1.22 bits per heavy atom. The first-order valence-electron chi connectivity index (χ1n) is 8.29. The maximum atomic E-state index is 9.14. The number of benzene rings is 1. The van der Waals surface area contributed by atoms with Gasteiger partial charge in [0.25, 0.3) is 0 Å². The van der Waals surface area contributed by atoms with E-state index >= 15 is 0 Å². The highest BCUT2D eigenvalue weighted by Crippen LogP contribution is 2.75. The molecule has 4 nitrogen and oxygen atoms in total. The molecule has 1 N–H and O–H groups in total. The van der Waals surface area contributed by atoms with Crippen molar-refractivity contribution in [1.82, 2.24) is 0 Å². The molecule has 130 valence electrons. The molecule has 0 spiro atoms. The molecule has 3 rings (SSSR count). The summed E-state index contributed by atoms with van der Waals surface area (Å²) < 4.78 is 16.5. The monoisotopic (exact) mass is 340 g/mol. The van der Waals surface area contributed by atoms with Crippen molar-refractivity contribution in [2.24, 2.45) is 0 Å². The van der Waals surface area contributed by atoms with E-state index < -0.39 is 8.75 Å². The Balaban J connectivity index is 1.84. The Morgan fingerprint density at radius 2 is 2.04 bits per heavy atom. The number of unbranched alkanes of at least 4 members (excludes halogenated alkanes) is 1. The second-order valence-electron chi connectivity index (χ2n) is 6.67. The summed E-state index contributed by atoms with van der Waals surface area (Å²) in [5.41, 5.74) is 1.33. The maximum absolute atomic E-state index is 9.14. The molecule has 0 amide bonds. The number of ether oxygens (including phenoxy) is 3. The number of hydrogen-bond acceptors (Lipinski definition) is 4. The van der Waals surface area contributed by atoms with Crippen LogP contribution in [0.3, 0.4) is 0 Å². The minimum absolute atomic E-state index is 0.292.